The number of benzene rings is 1. The molecule has 0 radical (unpaired) electrons. The minimum absolute atomic E-state index is 0.0689. The maximum atomic E-state index is 12.9. The van der Waals surface area contributed by atoms with E-state index in [0.717, 1.165) is 45.4 Å². The van der Waals surface area contributed by atoms with Crippen LogP contribution in [0.5, 0.6) is 0 Å². The quantitative estimate of drug-likeness (QED) is 0.833. The first kappa shape index (κ1) is 17.5. The van der Waals surface area contributed by atoms with E-state index in [1.807, 2.05) is 0 Å². The van der Waals surface area contributed by atoms with Gasteiger partial charge in [-0.25, -0.2) is 0 Å². The van der Waals surface area contributed by atoms with Gasteiger partial charge in [0.15, 0.2) is 0 Å². The van der Waals surface area contributed by atoms with Crippen LogP contribution in [0.25, 0.3) is 0 Å². The van der Waals surface area contributed by atoms with E-state index in [-0.39, 0.29) is 11.5 Å². The lowest BCUT2D eigenvalue weighted by Crippen LogP contribution is -2.44. The minimum Gasteiger partial charge on any atom is -0.378 e. The lowest BCUT2D eigenvalue weighted by Gasteiger charge is -2.43. The van der Waals surface area contributed by atoms with Crippen LogP contribution in [0.1, 0.15) is 57.1 Å². The minimum atomic E-state index is -0.0689. The van der Waals surface area contributed by atoms with Gasteiger partial charge in [-0.15, -0.1) is 0 Å². The number of ether oxygens (including phenoxy) is 1. The van der Waals surface area contributed by atoms with Gasteiger partial charge in [-0.3, -0.25) is 4.79 Å². The molecule has 132 valence electrons. The lowest BCUT2D eigenvalue weighted by molar-refractivity contribution is -0.133. The lowest BCUT2D eigenvalue weighted by atomic mass is 9.68. The van der Waals surface area contributed by atoms with Gasteiger partial charge in [0, 0.05) is 31.5 Å². The third-order valence-corrected chi connectivity index (χ3v) is 5.86. The van der Waals surface area contributed by atoms with Gasteiger partial charge < -0.3 is 9.64 Å². The molecule has 3 nitrogen and oxygen atoms in total. The summed E-state index contributed by atoms with van der Waals surface area (Å²) in [6, 6.07) is 8.82. The second-order valence-corrected chi connectivity index (χ2v) is 8.02. The first-order chi connectivity index (χ1) is 11.5. The average Bonchev–Trinajstić information content (AvgIpc) is 3.10. The second kappa shape index (κ2) is 7.26. The Morgan fingerprint density at radius 3 is 2.54 bits per heavy atom. The number of likely N-dealkylation sites (tertiary alicyclic amines) is 1. The van der Waals surface area contributed by atoms with Crippen molar-refractivity contribution in [2.75, 3.05) is 19.7 Å². The van der Waals surface area contributed by atoms with E-state index in [9.17, 15) is 4.79 Å². The third kappa shape index (κ3) is 3.66. The maximum Gasteiger partial charge on any atom is 0.223 e. The number of carbonyl (C=O) groups is 1. The number of hydrogen-bond donors (Lipinski definition) is 0. The van der Waals surface area contributed by atoms with Gasteiger partial charge in [0.25, 0.3) is 0 Å². The van der Waals surface area contributed by atoms with Crippen molar-refractivity contribution in [3.63, 3.8) is 0 Å². The Kier molecular flexibility index (Phi) is 5.29. The summed E-state index contributed by atoms with van der Waals surface area (Å²) in [7, 11) is 0. The van der Waals surface area contributed by atoms with Crippen LogP contribution in [0, 0.1) is 12.8 Å². The van der Waals surface area contributed by atoms with E-state index in [4.69, 9.17) is 4.74 Å². The molecule has 2 atom stereocenters. The van der Waals surface area contributed by atoms with Crippen LogP contribution in [0.4, 0.5) is 0 Å². The van der Waals surface area contributed by atoms with Crippen molar-refractivity contribution in [1.29, 1.82) is 0 Å². The first-order valence-electron chi connectivity index (χ1n) is 9.47. The molecule has 0 saturated carbocycles. The van der Waals surface area contributed by atoms with E-state index in [1.54, 1.807) is 0 Å². The van der Waals surface area contributed by atoms with E-state index in [0.29, 0.717) is 18.2 Å². The van der Waals surface area contributed by atoms with Crippen molar-refractivity contribution in [3.05, 3.63) is 35.4 Å². The number of rotatable bonds is 4. The normalized spacial score (nSPS) is 27.7. The van der Waals surface area contributed by atoms with Gasteiger partial charge in [-0.2, -0.15) is 0 Å². The predicted molar refractivity (Wildman–Crippen MR) is 97.1 cm³/mol. The number of amides is 1. The smallest absolute Gasteiger partial charge is 0.223 e. The van der Waals surface area contributed by atoms with Crippen LogP contribution >= 0.6 is 0 Å². The fraction of sp³-hybridized carbons (Fsp3) is 0.667. The summed E-state index contributed by atoms with van der Waals surface area (Å²) in [4.78, 5) is 15.0. The van der Waals surface area contributed by atoms with E-state index >= 15 is 0 Å². The zero-order valence-electron chi connectivity index (χ0n) is 15.4. The Labute approximate surface area is 146 Å². The third-order valence-electron chi connectivity index (χ3n) is 5.86. The molecular formula is C21H31NO2. The Morgan fingerprint density at radius 1 is 1.25 bits per heavy atom. The highest BCUT2D eigenvalue weighted by Crippen LogP contribution is 2.42. The molecule has 0 aromatic heterocycles. The first-order valence-corrected chi connectivity index (χ1v) is 9.47. The van der Waals surface area contributed by atoms with Gasteiger partial charge in [-0.1, -0.05) is 43.7 Å². The van der Waals surface area contributed by atoms with Crippen LogP contribution < -0.4 is 0 Å². The molecule has 3 heteroatoms. The zero-order chi connectivity index (χ0) is 17.2. The van der Waals surface area contributed by atoms with Crippen LogP contribution in [0.3, 0.4) is 0 Å². The molecule has 1 aromatic carbocycles. The van der Waals surface area contributed by atoms with E-state index < -0.39 is 0 Å². The van der Waals surface area contributed by atoms with Crippen molar-refractivity contribution in [3.8, 4) is 0 Å². The van der Waals surface area contributed by atoms with Gasteiger partial charge >= 0.3 is 0 Å². The van der Waals surface area contributed by atoms with E-state index in [2.05, 4.69) is 49.9 Å². The van der Waals surface area contributed by atoms with Gasteiger partial charge in [-0.05, 0) is 44.1 Å². The van der Waals surface area contributed by atoms with Crippen LogP contribution in [-0.4, -0.2) is 36.6 Å². The molecule has 1 amide bonds. The average molecular weight is 329 g/mol. The monoisotopic (exact) mass is 329 g/mol. The highest BCUT2D eigenvalue weighted by molar-refractivity contribution is 5.78. The molecule has 3 rings (SSSR count). The topological polar surface area (TPSA) is 29.5 Å². The van der Waals surface area contributed by atoms with E-state index in [1.165, 1.54) is 11.1 Å². The fourth-order valence-electron chi connectivity index (χ4n) is 4.18. The Balaban J connectivity index is 1.87. The van der Waals surface area contributed by atoms with Crippen molar-refractivity contribution in [2.45, 2.75) is 64.4 Å². The summed E-state index contributed by atoms with van der Waals surface area (Å²) < 4.78 is 6.02. The highest BCUT2D eigenvalue weighted by atomic mass is 16.5. The molecular weight excluding hydrogens is 298 g/mol. The molecule has 0 N–H and O–H groups in total. The molecule has 2 heterocycles. The molecule has 2 fully saturated rings. The van der Waals surface area contributed by atoms with Crippen LogP contribution in [-0.2, 0) is 14.9 Å². The molecule has 2 saturated heterocycles. The van der Waals surface area contributed by atoms with Crippen molar-refractivity contribution >= 4 is 5.91 Å². The fourth-order valence-corrected chi connectivity index (χ4v) is 4.18. The van der Waals surface area contributed by atoms with Gasteiger partial charge in [0.05, 0.1) is 6.10 Å². The van der Waals surface area contributed by atoms with Crippen LogP contribution in [0.15, 0.2) is 24.3 Å². The molecule has 2 aliphatic rings. The summed E-state index contributed by atoms with van der Waals surface area (Å²) >= 11 is 0. The summed E-state index contributed by atoms with van der Waals surface area (Å²) in [5.41, 5.74) is 2.52. The zero-order valence-corrected chi connectivity index (χ0v) is 15.4. The number of nitrogens with zero attached hydrogens (tertiary/aromatic N) is 1. The Morgan fingerprint density at radius 2 is 1.92 bits per heavy atom. The predicted octanol–water partition coefficient (Wildman–Crippen LogP) is 4.08. The summed E-state index contributed by atoms with van der Waals surface area (Å²) in [6.45, 7) is 9.19. The van der Waals surface area contributed by atoms with Crippen molar-refractivity contribution in [2.24, 2.45) is 5.92 Å². The Bertz CT molecular complexity index is 560. The second-order valence-electron chi connectivity index (χ2n) is 8.02. The summed E-state index contributed by atoms with van der Waals surface area (Å²) in [5, 5.41) is 0. The molecule has 1 aromatic rings. The van der Waals surface area contributed by atoms with Gasteiger partial charge in [0.1, 0.15) is 0 Å². The molecule has 24 heavy (non-hydrogen) atoms. The van der Waals surface area contributed by atoms with Crippen LogP contribution in [0.2, 0.25) is 0 Å². The molecule has 0 unspecified atom stereocenters. The van der Waals surface area contributed by atoms with Crippen molar-refractivity contribution < 1.29 is 9.53 Å². The molecule has 2 aliphatic heterocycles. The molecule has 0 bridgehead atoms. The summed E-state index contributed by atoms with van der Waals surface area (Å²) in [5.74, 6) is 0.814. The largest absolute Gasteiger partial charge is 0.378 e. The van der Waals surface area contributed by atoms with Gasteiger partial charge in [0.2, 0.25) is 5.91 Å². The molecule has 0 spiro atoms. The highest BCUT2D eigenvalue weighted by Gasteiger charge is 2.42. The number of carbonyl (C=O) groups excluding carboxylic acids is 1. The number of hydrogen-bond acceptors (Lipinski definition) is 2. The van der Waals surface area contributed by atoms with Crippen molar-refractivity contribution in [1.82, 2.24) is 4.90 Å². The summed E-state index contributed by atoms with van der Waals surface area (Å²) in [6.07, 6.45) is 5.07. The maximum absolute atomic E-state index is 12.9. The number of aryl methyl sites for hydroxylation is 1. The standard InChI is InChI=1S/C21H31NO2/c1-16(2)19-14-21(10-13-24-19,18-8-6-17(3)7-9-18)15-20(23)22-11-4-5-12-22/h6-9,16,19H,4-5,10-15H2,1-3H3/t19-,21-/m0/s1. The SMILES string of the molecule is Cc1ccc([C@@]2(CC(=O)N3CCCC3)CCO[C@H](C(C)C)C2)cc1. The Hall–Kier alpha value is -1.35. The molecule has 0 aliphatic carbocycles.